The van der Waals surface area contributed by atoms with Gasteiger partial charge in [-0.2, -0.15) is 0 Å². The van der Waals surface area contributed by atoms with Crippen LogP contribution in [0.25, 0.3) is 10.9 Å². The maximum absolute atomic E-state index is 12.2. The molecule has 0 fully saturated rings. The Hall–Kier alpha value is -3.28. The minimum atomic E-state index is -1.33. The summed E-state index contributed by atoms with van der Waals surface area (Å²) in [7, 11) is 0. The first-order valence-corrected chi connectivity index (χ1v) is 8.70. The molecule has 1 atom stereocenters. The lowest BCUT2D eigenvalue weighted by molar-refractivity contribution is -0.308. The third-order valence-electron chi connectivity index (χ3n) is 4.63. The van der Waals surface area contributed by atoms with Gasteiger partial charge in [-0.3, -0.25) is 4.79 Å². The van der Waals surface area contributed by atoms with Crippen molar-refractivity contribution in [2.24, 2.45) is 0 Å². The molecular formula is C21H21N2O4-. The number of benzene rings is 2. The maximum atomic E-state index is 12.2. The van der Waals surface area contributed by atoms with Gasteiger partial charge in [0, 0.05) is 23.5 Å². The van der Waals surface area contributed by atoms with Gasteiger partial charge in [0.05, 0.1) is 12.0 Å². The SMILES string of the molecule is Cc1cccc(OCC(=O)N[C@@H](Cc2c[nH]c3ccccc23)C(=O)[O-])c1C. The van der Waals surface area contributed by atoms with Crippen LogP contribution in [-0.2, 0) is 16.0 Å². The van der Waals surface area contributed by atoms with Gasteiger partial charge in [0.15, 0.2) is 6.61 Å². The predicted molar refractivity (Wildman–Crippen MR) is 100 cm³/mol. The number of carbonyl (C=O) groups excluding carboxylic acids is 2. The summed E-state index contributed by atoms with van der Waals surface area (Å²) in [6.07, 6.45) is 1.88. The number of aryl methyl sites for hydroxylation is 1. The molecule has 0 aliphatic rings. The molecule has 1 amide bonds. The number of ether oxygens (including phenoxy) is 1. The number of hydrogen-bond acceptors (Lipinski definition) is 4. The Bertz CT molecular complexity index is 977. The van der Waals surface area contributed by atoms with Crippen molar-refractivity contribution in [1.82, 2.24) is 10.3 Å². The number of carboxylic acid groups (broad SMARTS) is 1. The third-order valence-corrected chi connectivity index (χ3v) is 4.63. The van der Waals surface area contributed by atoms with E-state index in [2.05, 4.69) is 10.3 Å². The van der Waals surface area contributed by atoms with Gasteiger partial charge >= 0.3 is 0 Å². The summed E-state index contributed by atoms with van der Waals surface area (Å²) < 4.78 is 5.53. The molecule has 2 aromatic carbocycles. The Balaban J connectivity index is 1.64. The van der Waals surface area contributed by atoms with Crippen LogP contribution in [0.4, 0.5) is 0 Å². The number of rotatable bonds is 7. The van der Waals surface area contributed by atoms with Gasteiger partial charge in [-0.15, -0.1) is 0 Å². The van der Waals surface area contributed by atoms with Gasteiger partial charge in [0.1, 0.15) is 5.75 Å². The lowest BCUT2D eigenvalue weighted by atomic mass is 10.1. The molecule has 3 rings (SSSR count). The van der Waals surface area contributed by atoms with Gasteiger partial charge in [-0.05, 0) is 42.7 Å². The second-order valence-electron chi connectivity index (χ2n) is 6.49. The van der Waals surface area contributed by atoms with Crippen molar-refractivity contribution in [3.63, 3.8) is 0 Å². The summed E-state index contributed by atoms with van der Waals surface area (Å²) in [5.74, 6) is -1.24. The smallest absolute Gasteiger partial charge is 0.258 e. The fourth-order valence-electron chi connectivity index (χ4n) is 2.97. The van der Waals surface area contributed by atoms with Crippen molar-refractivity contribution in [3.05, 3.63) is 65.4 Å². The van der Waals surface area contributed by atoms with E-state index >= 15 is 0 Å². The van der Waals surface area contributed by atoms with E-state index in [1.807, 2.05) is 50.2 Å². The van der Waals surface area contributed by atoms with E-state index in [9.17, 15) is 14.7 Å². The van der Waals surface area contributed by atoms with Gasteiger partial charge in [-0.25, -0.2) is 0 Å². The molecule has 0 spiro atoms. The van der Waals surface area contributed by atoms with E-state index < -0.39 is 17.9 Å². The fourth-order valence-corrected chi connectivity index (χ4v) is 2.97. The second kappa shape index (κ2) is 7.95. The van der Waals surface area contributed by atoms with Gasteiger partial charge < -0.3 is 24.9 Å². The van der Waals surface area contributed by atoms with Gasteiger partial charge in [0.25, 0.3) is 5.91 Å². The largest absolute Gasteiger partial charge is 0.548 e. The number of para-hydroxylation sites is 1. The standard InChI is InChI=1S/C21H22N2O4/c1-13-6-5-9-19(14(13)2)27-12-20(24)23-18(21(25)26)10-15-11-22-17-8-4-3-7-16(15)17/h3-9,11,18,22H,10,12H2,1-2H3,(H,23,24)(H,25,26)/p-1/t18-/m0/s1. The first kappa shape index (κ1) is 18.5. The summed E-state index contributed by atoms with van der Waals surface area (Å²) in [5.41, 5.74) is 3.71. The molecule has 1 heterocycles. The Morgan fingerprint density at radius 1 is 1.15 bits per heavy atom. The first-order valence-electron chi connectivity index (χ1n) is 8.70. The molecule has 1 aromatic heterocycles. The topological polar surface area (TPSA) is 94.2 Å². The molecular weight excluding hydrogens is 344 g/mol. The minimum Gasteiger partial charge on any atom is -0.548 e. The van der Waals surface area contributed by atoms with Crippen molar-refractivity contribution in [1.29, 1.82) is 0 Å². The Morgan fingerprint density at radius 2 is 1.93 bits per heavy atom. The van der Waals surface area contributed by atoms with Crippen LogP contribution >= 0.6 is 0 Å². The highest BCUT2D eigenvalue weighted by Gasteiger charge is 2.17. The molecule has 3 aromatic rings. The average molecular weight is 365 g/mol. The van der Waals surface area contributed by atoms with Crippen molar-refractivity contribution in [3.8, 4) is 5.75 Å². The number of fused-ring (bicyclic) bond motifs is 1. The molecule has 0 aliphatic heterocycles. The van der Waals surface area contributed by atoms with Crippen LogP contribution in [-0.4, -0.2) is 29.5 Å². The summed E-state index contributed by atoms with van der Waals surface area (Å²) in [5, 5.41) is 14.9. The van der Waals surface area contributed by atoms with Crippen LogP contribution in [0.3, 0.4) is 0 Å². The summed E-state index contributed by atoms with van der Waals surface area (Å²) >= 11 is 0. The van der Waals surface area contributed by atoms with Crippen LogP contribution in [0.15, 0.2) is 48.7 Å². The second-order valence-corrected chi connectivity index (χ2v) is 6.49. The Labute approximate surface area is 157 Å². The monoisotopic (exact) mass is 365 g/mol. The number of hydrogen-bond donors (Lipinski definition) is 2. The average Bonchev–Trinajstić information content (AvgIpc) is 3.05. The number of aliphatic carboxylic acids is 1. The molecule has 0 aliphatic carbocycles. The van der Waals surface area contributed by atoms with Crippen molar-refractivity contribution in [2.75, 3.05) is 6.61 Å². The number of nitrogens with one attached hydrogen (secondary N) is 2. The van der Waals surface area contributed by atoms with E-state index in [0.717, 1.165) is 27.6 Å². The fraction of sp³-hybridized carbons (Fsp3) is 0.238. The molecule has 0 saturated carbocycles. The Kier molecular flexibility index (Phi) is 5.45. The molecule has 27 heavy (non-hydrogen) atoms. The number of carboxylic acids is 1. The predicted octanol–water partition coefficient (Wildman–Crippen LogP) is 1.64. The first-order chi connectivity index (χ1) is 13.0. The summed E-state index contributed by atoms with van der Waals surface area (Å²) in [6.45, 7) is 3.60. The number of aromatic amines is 1. The van der Waals surface area contributed by atoms with Gasteiger partial charge in [-0.1, -0.05) is 30.3 Å². The molecule has 6 heteroatoms. The van der Waals surface area contributed by atoms with E-state index in [-0.39, 0.29) is 13.0 Å². The highest BCUT2D eigenvalue weighted by Crippen LogP contribution is 2.21. The minimum absolute atomic E-state index is 0.127. The lowest BCUT2D eigenvalue weighted by Crippen LogP contribution is -2.50. The number of carbonyl (C=O) groups is 2. The van der Waals surface area contributed by atoms with Crippen LogP contribution < -0.4 is 15.2 Å². The van der Waals surface area contributed by atoms with Crippen molar-refractivity contribution < 1.29 is 19.4 Å². The number of aromatic nitrogens is 1. The molecule has 0 saturated heterocycles. The van der Waals surface area contributed by atoms with Crippen LogP contribution in [0.2, 0.25) is 0 Å². The van der Waals surface area contributed by atoms with E-state index in [1.165, 1.54) is 0 Å². The molecule has 6 nitrogen and oxygen atoms in total. The number of H-pyrrole nitrogens is 1. The molecule has 0 radical (unpaired) electrons. The van der Waals surface area contributed by atoms with E-state index in [1.54, 1.807) is 12.3 Å². The molecule has 2 N–H and O–H groups in total. The summed E-state index contributed by atoms with van der Waals surface area (Å²) in [6, 6.07) is 12.0. The molecule has 140 valence electrons. The third kappa shape index (κ3) is 4.28. The van der Waals surface area contributed by atoms with Crippen LogP contribution in [0.1, 0.15) is 16.7 Å². The molecule has 0 unspecified atom stereocenters. The van der Waals surface area contributed by atoms with Crippen molar-refractivity contribution >= 4 is 22.8 Å². The highest BCUT2D eigenvalue weighted by atomic mass is 16.5. The van der Waals surface area contributed by atoms with Crippen molar-refractivity contribution in [2.45, 2.75) is 26.3 Å². The number of amides is 1. The normalized spacial score (nSPS) is 11.9. The zero-order chi connectivity index (χ0) is 19.4. The molecule has 0 bridgehead atoms. The lowest BCUT2D eigenvalue weighted by Gasteiger charge is -2.20. The zero-order valence-electron chi connectivity index (χ0n) is 15.2. The summed E-state index contributed by atoms with van der Waals surface area (Å²) in [4.78, 5) is 26.8. The van der Waals surface area contributed by atoms with Gasteiger partial charge in [0.2, 0.25) is 0 Å². The van der Waals surface area contributed by atoms with Crippen LogP contribution in [0.5, 0.6) is 5.75 Å². The Morgan fingerprint density at radius 3 is 2.70 bits per heavy atom. The van der Waals surface area contributed by atoms with E-state index in [0.29, 0.717) is 5.75 Å². The van der Waals surface area contributed by atoms with Crippen LogP contribution in [0, 0.1) is 13.8 Å². The highest BCUT2D eigenvalue weighted by molar-refractivity contribution is 5.86. The maximum Gasteiger partial charge on any atom is 0.258 e. The van der Waals surface area contributed by atoms with E-state index in [4.69, 9.17) is 4.74 Å². The quantitative estimate of drug-likeness (QED) is 0.665. The zero-order valence-corrected chi connectivity index (χ0v) is 15.2.